The molecule has 25 heavy (non-hydrogen) atoms. The van der Waals surface area contributed by atoms with Crippen molar-refractivity contribution in [2.24, 2.45) is 0 Å². The number of phenols is 1. The molecule has 1 aliphatic rings. The average Bonchev–Trinajstić information content (AvgIpc) is 3.29. The largest absolute Gasteiger partial charge is 0.507 e. The van der Waals surface area contributed by atoms with E-state index in [1.807, 2.05) is 23.1 Å². The van der Waals surface area contributed by atoms with Gasteiger partial charge in [-0.3, -0.25) is 4.79 Å². The number of benzene rings is 2. The van der Waals surface area contributed by atoms with Gasteiger partial charge in [0, 0.05) is 24.7 Å². The lowest BCUT2D eigenvalue weighted by atomic mass is 10.2. The van der Waals surface area contributed by atoms with E-state index in [-0.39, 0.29) is 11.7 Å². The van der Waals surface area contributed by atoms with Crippen LogP contribution in [0, 0.1) is 0 Å². The smallest absolute Gasteiger partial charge is 0.253 e. The van der Waals surface area contributed by atoms with Crippen molar-refractivity contribution in [2.45, 2.75) is 12.8 Å². The minimum atomic E-state index is 0.0849. The first-order valence-corrected chi connectivity index (χ1v) is 9.04. The summed E-state index contributed by atoms with van der Waals surface area (Å²) < 4.78 is 6.06. The van der Waals surface area contributed by atoms with E-state index in [2.05, 4.69) is 4.98 Å². The monoisotopic (exact) mass is 354 g/mol. The molecule has 1 amide bonds. The number of amides is 1. The number of carbonyl (C=O) groups excluding carboxylic acids is 1. The molecule has 0 spiro atoms. The molecule has 4 rings (SSSR count). The summed E-state index contributed by atoms with van der Waals surface area (Å²) in [4.78, 5) is 19.0. The van der Waals surface area contributed by atoms with Crippen LogP contribution in [-0.2, 0) is 0 Å². The molecule has 2 aromatic carbocycles. The molecule has 0 atom stereocenters. The fourth-order valence-electron chi connectivity index (χ4n) is 3.09. The molecule has 1 saturated heterocycles. The molecule has 1 N–H and O–H groups in total. The molecule has 0 saturated carbocycles. The van der Waals surface area contributed by atoms with Crippen LogP contribution in [0.4, 0.5) is 0 Å². The molecule has 3 aromatic rings. The number of hydrogen-bond donors (Lipinski definition) is 1. The van der Waals surface area contributed by atoms with Crippen LogP contribution in [-0.4, -0.2) is 41.1 Å². The molecule has 2 heterocycles. The number of phenolic OH excluding ortho intramolecular Hbond substituents is 1. The number of nitrogens with zero attached hydrogens (tertiary/aromatic N) is 2. The third-order valence-corrected chi connectivity index (χ3v) is 5.52. The number of thiazole rings is 1. The number of rotatable bonds is 3. The van der Waals surface area contributed by atoms with Gasteiger partial charge in [0.25, 0.3) is 5.91 Å². The van der Waals surface area contributed by atoms with E-state index < -0.39 is 0 Å². The van der Waals surface area contributed by atoms with Gasteiger partial charge in [0.15, 0.2) is 0 Å². The molecular weight excluding hydrogens is 336 g/mol. The minimum absolute atomic E-state index is 0.0849. The molecule has 1 fully saturated rings. The molecule has 0 bridgehead atoms. The van der Waals surface area contributed by atoms with Gasteiger partial charge in [0.2, 0.25) is 0 Å². The van der Waals surface area contributed by atoms with Crippen molar-refractivity contribution in [1.82, 2.24) is 9.88 Å². The number of fused-ring (bicyclic) bond motifs is 1. The van der Waals surface area contributed by atoms with Gasteiger partial charge >= 0.3 is 0 Å². The second-order valence-corrected chi connectivity index (χ2v) is 7.11. The second kappa shape index (κ2) is 6.37. The van der Waals surface area contributed by atoms with Crippen molar-refractivity contribution in [2.75, 3.05) is 20.2 Å². The van der Waals surface area contributed by atoms with Crippen molar-refractivity contribution < 1.29 is 14.6 Å². The van der Waals surface area contributed by atoms with Gasteiger partial charge in [-0.2, -0.15) is 0 Å². The maximum atomic E-state index is 12.5. The van der Waals surface area contributed by atoms with Crippen LogP contribution in [0.1, 0.15) is 23.2 Å². The van der Waals surface area contributed by atoms with Crippen LogP contribution in [0.15, 0.2) is 36.4 Å². The Kier molecular flexibility index (Phi) is 4.05. The molecule has 1 aliphatic heterocycles. The maximum absolute atomic E-state index is 12.5. The summed E-state index contributed by atoms with van der Waals surface area (Å²) in [5, 5.41) is 10.9. The van der Waals surface area contributed by atoms with Crippen LogP contribution in [0.2, 0.25) is 0 Å². The number of methoxy groups -OCH3 is 1. The predicted molar refractivity (Wildman–Crippen MR) is 98.4 cm³/mol. The van der Waals surface area contributed by atoms with Crippen LogP contribution >= 0.6 is 11.3 Å². The molecule has 6 heteroatoms. The first kappa shape index (κ1) is 15.9. The summed E-state index contributed by atoms with van der Waals surface area (Å²) in [5.74, 6) is 0.814. The number of aromatic nitrogens is 1. The highest BCUT2D eigenvalue weighted by atomic mass is 32.1. The molecule has 5 nitrogen and oxygen atoms in total. The Bertz CT molecular complexity index is 945. The third kappa shape index (κ3) is 2.93. The van der Waals surface area contributed by atoms with Crippen LogP contribution < -0.4 is 4.74 Å². The zero-order valence-electron chi connectivity index (χ0n) is 13.9. The van der Waals surface area contributed by atoms with E-state index in [4.69, 9.17) is 4.74 Å². The van der Waals surface area contributed by atoms with Crippen molar-refractivity contribution in [1.29, 1.82) is 0 Å². The standard InChI is InChI=1S/C19H18N2O3S/c1-24-13-5-6-14(16(22)11-13)18-20-15-7-4-12(10-17(15)25-18)19(23)21-8-2-3-9-21/h4-7,10-11,22H,2-3,8-9H2,1H3. The molecule has 1 aromatic heterocycles. The highest BCUT2D eigenvalue weighted by Crippen LogP contribution is 2.37. The molecular formula is C19H18N2O3S. The van der Waals surface area contributed by atoms with Crippen molar-refractivity contribution >= 4 is 27.5 Å². The van der Waals surface area contributed by atoms with E-state index >= 15 is 0 Å². The van der Waals surface area contributed by atoms with Crippen molar-refractivity contribution in [3.8, 4) is 22.1 Å². The van der Waals surface area contributed by atoms with Gasteiger partial charge in [-0.05, 0) is 43.2 Å². The summed E-state index contributed by atoms with van der Waals surface area (Å²) in [7, 11) is 1.56. The van der Waals surface area contributed by atoms with Gasteiger partial charge in [-0.1, -0.05) is 0 Å². The van der Waals surface area contributed by atoms with Crippen LogP contribution in [0.5, 0.6) is 11.5 Å². The summed E-state index contributed by atoms with van der Waals surface area (Å²) in [5.41, 5.74) is 2.19. The van der Waals surface area contributed by atoms with E-state index in [0.717, 1.165) is 41.2 Å². The zero-order chi connectivity index (χ0) is 17.4. The van der Waals surface area contributed by atoms with Gasteiger partial charge < -0.3 is 14.7 Å². The first-order valence-electron chi connectivity index (χ1n) is 8.23. The van der Waals surface area contributed by atoms with Crippen molar-refractivity contribution in [3.63, 3.8) is 0 Å². The number of ether oxygens (including phenoxy) is 1. The Hall–Kier alpha value is -2.60. The van der Waals surface area contributed by atoms with Crippen LogP contribution in [0.3, 0.4) is 0 Å². The quantitative estimate of drug-likeness (QED) is 0.774. The lowest BCUT2D eigenvalue weighted by molar-refractivity contribution is 0.0793. The van der Waals surface area contributed by atoms with E-state index in [0.29, 0.717) is 16.9 Å². The SMILES string of the molecule is COc1ccc(-c2nc3ccc(C(=O)N4CCCC4)cc3s2)c(O)c1. The number of likely N-dealkylation sites (tertiary alicyclic amines) is 1. The highest BCUT2D eigenvalue weighted by molar-refractivity contribution is 7.21. The minimum Gasteiger partial charge on any atom is -0.507 e. The number of aromatic hydroxyl groups is 1. The second-order valence-electron chi connectivity index (χ2n) is 6.08. The maximum Gasteiger partial charge on any atom is 0.253 e. The number of hydrogen-bond acceptors (Lipinski definition) is 5. The highest BCUT2D eigenvalue weighted by Gasteiger charge is 2.20. The Morgan fingerprint density at radius 3 is 2.72 bits per heavy atom. The Morgan fingerprint density at radius 1 is 1.20 bits per heavy atom. The van der Waals surface area contributed by atoms with Gasteiger partial charge in [-0.15, -0.1) is 11.3 Å². The number of carbonyl (C=O) groups is 1. The molecule has 0 radical (unpaired) electrons. The topological polar surface area (TPSA) is 62.7 Å². The van der Waals surface area contributed by atoms with Crippen molar-refractivity contribution in [3.05, 3.63) is 42.0 Å². The fraction of sp³-hybridized carbons (Fsp3) is 0.263. The van der Waals surface area contributed by atoms with Gasteiger partial charge in [0.05, 0.1) is 22.9 Å². The predicted octanol–water partition coefficient (Wildman–Crippen LogP) is 3.91. The lowest BCUT2D eigenvalue weighted by Gasteiger charge is -2.14. The summed E-state index contributed by atoms with van der Waals surface area (Å²) >= 11 is 1.47. The average molecular weight is 354 g/mol. The van der Waals surface area contributed by atoms with E-state index in [1.165, 1.54) is 11.3 Å². The van der Waals surface area contributed by atoms with Gasteiger partial charge in [0.1, 0.15) is 16.5 Å². The molecule has 0 aliphatic carbocycles. The summed E-state index contributed by atoms with van der Waals surface area (Å²) in [6.07, 6.45) is 2.16. The van der Waals surface area contributed by atoms with Gasteiger partial charge in [-0.25, -0.2) is 4.98 Å². The lowest BCUT2D eigenvalue weighted by Crippen LogP contribution is -2.27. The Balaban J connectivity index is 1.69. The molecule has 0 unspecified atom stereocenters. The molecule has 128 valence electrons. The summed E-state index contributed by atoms with van der Waals surface area (Å²) in [6, 6.07) is 10.8. The Labute approximate surface area is 149 Å². The van der Waals surface area contributed by atoms with E-state index in [1.54, 1.807) is 25.3 Å². The third-order valence-electron chi connectivity index (χ3n) is 4.46. The normalized spacial score (nSPS) is 14.2. The summed E-state index contributed by atoms with van der Waals surface area (Å²) in [6.45, 7) is 1.68. The first-order chi connectivity index (χ1) is 12.2. The Morgan fingerprint density at radius 2 is 2.00 bits per heavy atom. The fourth-order valence-corrected chi connectivity index (χ4v) is 4.13. The van der Waals surface area contributed by atoms with Crippen LogP contribution in [0.25, 0.3) is 20.8 Å². The zero-order valence-corrected chi connectivity index (χ0v) is 14.7. The van der Waals surface area contributed by atoms with E-state index in [9.17, 15) is 9.90 Å².